The van der Waals surface area contributed by atoms with Crippen molar-refractivity contribution in [3.05, 3.63) is 51.4 Å². The highest BCUT2D eigenvalue weighted by molar-refractivity contribution is 7.16. The predicted octanol–water partition coefficient (Wildman–Crippen LogP) is 4.98. The van der Waals surface area contributed by atoms with Gasteiger partial charge in [-0.3, -0.25) is 4.79 Å². The van der Waals surface area contributed by atoms with E-state index in [9.17, 15) is 14.9 Å². The van der Waals surface area contributed by atoms with Crippen molar-refractivity contribution in [1.29, 1.82) is 5.26 Å². The summed E-state index contributed by atoms with van der Waals surface area (Å²) in [5.74, 6) is -0.972. The molecule has 5 nitrogen and oxygen atoms in total. The molecule has 3 rings (SSSR count). The zero-order chi connectivity index (χ0) is 21.0. The largest absolute Gasteiger partial charge is 0.452 e. The molecule has 152 valence electrons. The van der Waals surface area contributed by atoms with Gasteiger partial charge < -0.3 is 10.1 Å². The van der Waals surface area contributed by atoms with Crippen LogP contribution in [0.15, 0.2) is 24.3 Å². The minimum absolute atomic E-state index is 0.000340. The number of hydrogen-bond acceptors (Lipinski definition) is 5. The van der Waals surface area contributed by atoms with Gasteiger partial charge in [0.25, 0.3) is 5.91 Å². The lowest BCUT2D eigenvalue weighted by molar-refractivity contribution is -0.119. The highest BCUT2D eigenvalue weighted by atomic mass is 32.1. The monoisotopic (exact) mass is 410 g/mol. The molecule has 0 bridgehead atoms. The lowest BCUT2D eigenvalue weighted by atomic mass is 9.87. The van der Waals surface area contributed by atoms with Crippen molar-refractivity contribution < 1.29 is 14.3 Å². The zero-order valence-electron chi connectivity index (χ0n) is 17.1. The molecule has 1 amide bonds. The summed E-state index contributed by atoms with van der Waals surface area (Å²) in [5, 5.41) is 12.9. The fourth-order valence-electron chi connectivity index (χ4n) is 3.43. The van der Waals surface area contributed by atoms with E-state index in [0.29, 0.717) is 16.1 Å². The van der Waals surface area contributed by atoms with Gasteiger partial charge in [0.15, 0.2) is 6.61 Å². The van der Waals surface area contributed by atoms with Crippen LogP contribution >= 0.6 is 11.3 Å². The van der Waals surface area contributed by atoms with Crippen LogP contribution in [0.2, 0.25) is 0 Å². The van der Waals surface area contributed by atoms with E-state index in [1.807, 2.05) is 12.1 Å². The van der Waals surface area contributed by atoms with Gasteiger partial charge in [0.2, 0.25) is 0 Å². The predicted molar refractivity (Wildman–Crippen MR) is 114 cm³/mol. The Morgan fingerprint density at radius 3 is 2.48 bits per heavy atom. The number of nitrogens with one attached hydrogen (secondary N) is 1. The Hall–Kier alpha value is -2.65. The summed E-state index contributed by atoms with van der Waals surface area (Å²) in [7, 11) is 0. The van der Waals surface area contributed by atoms with Crippen LogP contribution in [0.25, 0.3) is 0 Å². The quantitative estimate of drug-likeness (QED) is 0.569. The van der Waals surface area contributed by atoms with Gasteiger partial charge in [-0.1, -0.05) is 39.3 Å². The second-order valence-corrected chi connectivity index (χ2v) is 9.44. The normalized spacial score (nSPS) is 13.7. The van der Waals surface area contributed by atoms with Gasteiger partial charge in [0, 0.05) is 4.88 Å². The Morgan fingerprint density at radius 1 is 1.14 bits per heavy atom. The number of amides is 1. The van der Waals surface area contributed by atoms with Gasteiger partial charge >= 0.3 is 5.97 Å². The molecule has 1 aliphatic rings. The zero-order valence-corrected chi connectivity index (χ0v) is 17.9. The number of thiophene rings is 1. The summed E-state index contributed by atoms with van der Waals surface area (Å²) < 4.78 is 5.15. The molecular formula is C23H26N2O3S. The Kier molecular flexibility index (Phi) is 6.39. The van der Waals surface area contributed by atoms with Crippen molar-refractivity contribution in [1.82, 2.24) is 0 Å². The fraction of sp³-hybridized carbons (Fsp3) is 0.435. The number of fused-ring (bicyclic) bond motifs is 1. The van der Waals surface area contributed by atoms with Crippen molar-refractivity contribution >= 4 is 28.2 Å². The smallest absolute Gasteiger partial charge is 0.338 e. The van der Waals surface area contributed by atoms with Gasteiger partial charge in [-0.2, -0.15) is 5.26 Å². The third-order valence-corrected chi connectivity index (χ3v) is 6.31. The van der Waals surface area contributed by atoms with E-state index in [0.717, 1.165) is 36.8 Å². The lowest BCUT2D eigenvalue weighted by Crippen LogP contribution is -2.21. The van der Waals surface area contributed by atoms with E-state index < -0.39 is 11.9 Å². The second kappa shape index (κ2) is 8.79. The Morgan fingerprint density at radius 2 is 1.83 bits per heavy atom. The van der Waals surface area contributed by atoms with E-state index in [-0.39, 0.29) is 12.0 Å². The van der Waals surface area contributed by atoms with Crippen LogP contribution in [0, 0.1) is 11.3 Å². The number of rotatable bonds is 4. The first-order valence-corrected chi connectivity index (χ1v) is 10.7. The molecule has 0 unspecified atom stereocenters. The summed E-state index contributed by atoms with van der Waals surface area (Å²) in [6.45, 7) is 5.92. The molecule has 0 saturated heterocycles. The molecule has 0 radical (unpaired) electrons. The van der Waals surface area contributed by atoms with E-state index in [1.54, 1.807) is 12.1 Å². The van der Waals surface area contributed by atoms with E-state index in [4.69, 9.17) is 4.74 Å². The number of benzene rings is 1. The van der Waals surface area contributed by atoms with E-state index >= 15 is 0 Å². The number of esters is 1. The maximum atomic E-state index is 12.3. The van der Waals surface area contributed by atoms with Crippen LogP contribution in [-0.4, -0.2) is 18.5 Å². The molecular weight excluding hydrogens is 384 g/mol. The summed E-state index contributed by atoms with van der Waals surface area (Å²) in [6.07, 6.45) is 5.17. The first-order chi connectivity index (χ1) is 13.8. The molecule has 0 spiro atoms. The SMILES string of the molecule is CC(C)(C)c1ccc(C(=O)OCC(=O)Nc2sc3c(c2C#N)CCCCC3)cc1. The summed E-state index contributed by atoms with van der Waals surface area (Å²) in [4.78, 5) is 25.7. The lowest BCUT2D eigenvalue weighted by Gasteiger charge is -2.18. The molecule has 6 heteroatoms. The van der Waals surface area contributed by atoms with Gasteiger partial charge in [0.1, 0.15) is 11.1 Å². The third kappa shape index (κ3) is 5.04. The molecule has 1 heterocycles. The average molecular weight is 411 g/mol. The maximum absolute atomic E-state index is 12.3. The number of carbonyl (C=O) groups is 2. The van der Waals surface area contributed by atoms with Crippen molar-refractivity contribution in [3.63, 3.8) is 0 Å². The van der Waals surface area contributed by atoms with Crippen LogP contribution in [0.4, 0.5) is 5.00 Å². The average Bonchev–Trinajstić information content (AvgIpc) is 2.84. The van der Waals surface area contributed by atoms with Crippen LogP contribution in [0.1, 0.15) is 72.0 Å². The topological polar surface area (TPSA) is 79.2 Å². The van der Waals surface area contributed by atoms with Crippen LogP contribution < -0.4 is 5.32 Å². The first kappa shape index (κ1) is 21.1. The molecule has 1 aromatic heterocycles. The van der Waals surface area contributed by atoms with Crippen molar-refractivity contribution in [2.75, 3.05) is 11.9 Å². The highest BCUT2D eigenvalue weighted by Gasteiger charge is 2.21. The van der Waals surface area contributed by atoms with Gasteiger partial charge in [-0.05, 0) is 54.4 Å². The summed E-state index contributed by atoms with van der Waals surface area (Å²) in [5.41, 5.74) is 3.16. The standard InChI is InChI=1S/C23H26N2O3S/c1-23(2,3)16-11-9-15(10-12-16)22(27)28-14-20(26)25-21-18(13-24)17-7-5-4-6-8-19(17)29-21/h9-12H,4-8,14H2,1-3H3,(H,25,26). The number of ether oxygens (including phenoxy) is 1. The van der Waals surface area contributed by atoms with Crippen LogP contribution in [0.5, 0.6) is 0 Å². The number of hydrogen-bond donors (Lipinski definition) is 1. The van der Waals surface area contributed by atoms with Crippen molar-refractivity contribution in [2.24, 2.45) is 0 Å². The van der Waals surface area contributed by atoms with Gasteiger partial charge in [0.05, 0.1) is 11.1 Å². The van der Waals surface area contributed by atoms with Crippen LogP contribution in [-0.2, 0) is 27.8 Å². The molecule has 0 aliphatic heterocycles. The van der Waals surface area contributed by atoms with Crippen LogP contribution in [0.3, 0.4) is 0 Å². The molecule has 29 heavy (non-hydrogen) atoms. The minimum atomic E-state index is -0.539. The molecule has 0 atom stereocenters. The maximum Gasteiger partial charge on any atom is 0.338 e. The number of aryl methyl sites for hydroxylation is 1. The van der Waals surface area contributed by atoms with Crippen molar-refractivity contribution in [3.8, 4) is 6.07 Å². The molecule has 0 fully saturated rings. The summed E-state index contributed by atoms with van der Waals surface area (Å²) in [6, 6.07) is 9.45. The Labute approximate surface area is 175 Å². The van der Waals surface area contributed by atoms with Gasteiger partial charge in [-0.25, -0.2) is 4.79 Å². The number of carbonyl (C=O) groups excluding carboxylic acids is 2. The molecule has 0 saturated carbocycles. The number of nitriles is 1. The van der Waals surface area contributed by atoms with E-state index in [2.05, 4.69) is 32.2 Å². The summed E-state index contributed by atoms with van der Waals surface area (Å²) >= 11 is 1.47. The fourth-order valence-corrected chi connectivity index (χ4v) is 4.69. The molecule has 1 aromatic carbocycles. The second-order valence-electron chi connectivity index (χ2n) is 8.33. The number of anilines is 1. The van der Waals surface area contributed by atoms with Crippen molar-refractivity contribution in [2.45, 2.75) is 58.3 Å². The van der Waals surface area contributed by atoms with E-state index in [1.165, 1.54) is 22.6 Å². The first-order valence-electron chi connectivity index (χ1n) is 9.91. The van der Waals surface area contributed by atoms with Gasteiger partial charge in [-0.15, -0.1) is 11.3 Å². The molecule has 1 N–H and O–H groups in total. The Bertz CT molecular complexity index is 946. The minimum Gasteiger partial charge on any atom is -0.452 e. The highest BCUT2D eigenvalue weighted by Crippen LogP contribution is 2.36. The molecule has 2 aromatic rings. The number of nitrogens with zero attached hydrogens (tertiary/aromatic N) is 1. The molecule has 1 aliphatic carbocycles. The third-order valence-electron chi connectivity index (χ3n) is 5.11. The Balaban J connectivity index is 1.60.